The van der Waals surface area contributed by atoms with Gasteiger partial charge in [-0.15, -0.1) is 0 Å². The summed E-state index contributed by atoms with van der Waals surface area (Å²) in [5.74, 6) is 0.569. The van der Waals surface area contributed by atoms with Gasteiger partial charge in [-0.3, -0.25) is 14.2 Å². The van der Waals surface area contributed by atoms with Crippen LogP contribution < -0.4 is 5.56 Å². The van der Waals surface area contributed by atoms with Gasteiger partial charge in [0.2, 0.25) is 0 Å². The van der Waals surface area contributed by atoms with Crippen molar-refractivity contribution in [1.29, 1.82) is 0 Å². The van der Waals surface area contributed by atoms with Crippen LogP contribution in [0, 0.1) is 0 Å². The number of nitrogens with one attached hydrogen (secondary N) is 1. The van der Waals surface area contributed by atoms with E-state index in [9.17, 15) is 9.59 Å². The third-order valence-electron chi connectivity index (χ3n) is 5.01. The molecule has 132 valence electrons. The minimum Gasteiger partial charge on any atom is -0.358 e. The van der Waals surface area contributed by atoms with E-state index in [4.69, 9.17) is 11.6 Å². The molecule has 0 atom stereocenters. The molecule has 1 aromatic carbocycles. The Morgan fingerprint density at radius 3 is 3.08 bits per heavy atom. The van der Waals surface area contributed by atoms with E-state index in [1.54, 1.807) is 21.2 Å². The maximum Gasteiger partial charge on any atom is 0.267 e. The predicted molar refractivity (Wildman–Crippen MR) is 101 cm³/mol. The Kier molecular flexibility index (Phi) is 3.62. The second-order valence-corrected chi connectivity index (χ2v) is 8.01. The molecule has 0 bridgehead atoms. The van der Waals surface area contributed by atoms with Gasteiger partial charge in [-0.05, 0) is 18.2 Å². The summed E-state index contributed by atoms with van der Waals surface area (Å²) in [5, 5.41) is 2.39. The Hall–Kier alpha value is -2.25. The van der Waals surface area contributed by atoms with Crippen LogP contribution in [-0.4, -0.2) is 37.6 Å². The van der Waals surface area contributed by atoms with Crippen molar-refractivity contribution in [3.05, 3.63) is 56.6 Å². The number of carbonyl (C=O) groups excluding carboxylic acids is 1. The number of fused-ring (bicyclic) bond motifs is 4. The Balaban J connectivity index is 1.51. The van der Waals surface area contributed by atoms with Gasteiger partial charge < -0.3 is 9.88 Å². The number of H-pyrrole nitrogens is 1. The second kappa shape index (κ2) is 5.89. The van der Waals surface area contributed by atoms with Crippen LogP contribution in [0.3, 0.4) is 0 Å². The molecule has 2 aromatic heterocycles. The van der Waals surface area contributed by atoms with E-state index in [1.807, 2.05) is 18.2 Å². The van der Waals surface area contributed by atoms with E-state index in [-0.39, 0.29) is 17.0 Å². The topological polar surface area (TPSA) is 71.0 Å². The molecule has 1 amide bonds. The largest absolute Gasteiger partial charge is 0.358 e. The first-order chi connectivity index (χ1) is 12.6. The average Bonchev–Trinajstić information content (AvgIpc) is 3.26. The molecule has 0 saturated heterocycles. The van der Waals surface area contributed by atoms with E-state index in [2.05, 4.69) is 9.97 Å². The van der Waals surface area contributed by atoms with Gasteiger partial charge in [0.25, 0.3) is 11.5 Å². The molecule has 4 heterocycles. The highest BCUT2D eigenvalue weighted by molar-refractivity contribution is 7.99. The summed E-state index contributed by atoms with van der Waals surface area (Å²) in [6.45, 7) is 1.64. The van der Waals surface area contributed by atoms with Crippen molar-refractivity contribution in [2.45, 2.75) is 24.7 Å². The van der Waals surface area contributed by atoms with Gasteiger partial charge >= 0.3 is 0 Å². The molecule has 1 N–H and O–H groups in total. The number of rotatable bonds is 1. The van der Waals surface area contributed by atoms with Crippen LogP contribution in [0.5, 0.6) is 0 Å². The fraction of sp³-hybridized carbons (Fsp3) is 0.278. The highest BCUT2D eigenvalue weighted by Gasteiger charge is 2.28. The summed E-state index contributed by atoms with van der Waals surface area (Å²) < 4.78 is 1.60. The van der Waals surface area contributed by atoms with Gasteiger partial charge in [0.1, 0.15) is 5.56 Å². The van der Waals surface area contributed by atoms with Crippen LogP contribution in [-0.2, 0) is 19.5 Å². The third kappa shape index (κ3) is 2.38. The molecule has 0 radical (unpaired) electrons. The van der Waals surface area contributed by atoms with Crippen LogP contribution in [0.1, 0.15) is 21.6 Å². The lowest BCUT2D eigenvalue weighted by Gasteiger charge is -2.27. The smallest absolute Gasteiger partial charge is 0.267 e. The summed E-state index contributed by atoms with van der Waals surface area (Å²) in [7, 11) is 0. The lowest BCUT2D eigenvalue weighted by Crippen LogP contribution is -2.39. The number of aromatic nitrogens is 3. The first kappa shape index (κ1) is 16.0. The van der Waals surface area contributed by atoms with Crippen LogP contribution >= 0.6 is 23.4 Å². The molecule has 8 heteroatoms. The number of hydrogen-bond donors (Lipinski definition) is 1. The molecular weight excluding hydrogens is 372 g/mol. The number of amides is 1. The normalized spacial score (nSPS) is 16.0. The lowest BCUT2D eigenvalue weighted by atomic mass is 10.0. The summed E-state index contributed by atoms with van der Waals surface area (Å²) in [5.41, 5.74) is 3.14. The minimum absolute atomic E-state index is 0.151. The number of thioether (sulfide) groups is 1. The number of benzene rings is 1. The molecule has 3 aromatic rings. The van der Waals surface area contributed by atoms with E-state index >= 15 is 0 Å². The SMILES string of the molecule is O=C(c1cnc2n(c1=O)CCS2)N1CCc2[nH]c3ccc(Cl)cc3c2C1. The number of halogens is 1. The lowest BCUT2D eigenvalue weighted by molar-refractivity contribution is 0.0731. The Morgan fingerprint density at radius 1 is 1.31 bits per heavy atom. The van der Waals surface area contributed by atoms with Crippen LogP contribution in [0.25, 0.3) is 10.9 Å². The van der Waals surface area contributed by atoms with Crippen LogP contribution in [0.4, 0.5) is 0 Å². The van der Waals surface area contributed by atoms with Crippen molar-refractivity contribution in [2.24, 2.45) is 0 Å². The zero-order chi connectivity index (χ0) is 17.8. The summed E-state index contributed by atoms with van der Waals surface area (Å²) in [6, 6.07) is 5.73. The molecule has 0 fully saturated rings. The van der Waals surface area contributed by atoms with Crippen LogP contribution in [0.2, 0.25) is 5.02 Å². The van der Waals surface area contributed by atoms with Crippen molar-refractivity contribution in [3.8, 4) is 0 Å². The molecule has 6 nitrogen and oxygen atoms in total. The van der Waals surface area contributed by atoms with Crippen molar-refractivity contribution in [2.75, 3.05) is 12.3 Å². The Bertz CT molecular complexity index is 1120. The maximum atomic E-state index is 13.0. The molecule has 2 aliphatic rings. The standard InChI is InChI=1S/C18H15ClN4O2S/c19-10-1-2-14-11(7-10)13-9-22(4-3-15(13)21-14)16(24)12-8-20-18-23(17(12)25)5-6-26-18/h1-2,7-8,21H,3-6,9H2. The van der Waals surface area contributed by atoms with E-state index < -0.39 is 0 Å². The highest BCUT2D eigenvalue weighted by atomic mass is 35.5. The van der Waals surface area contributed by atoms with Crippen molar-refractivity contribution in [1.82, 2.24) is 19.4 Å². The molecule has 0 spiro atoms. The molecule has 2 aliphatic heterocycles. The zero-order valence-electron chi connectivity index (χ0n) is 13.8. The molecule has 0 saturated carbocycles. The number of aromatic amines is 1. The number of hydrogen-bond acceptors (Lipinski definition) is 4. The van der Waals surface area contributed by atoms with Gasteiger partial charge in [-0.2, -0.15) is 0 Å². The van der Waals surface area contributed by atoms with Gasteiger partial charge in [-0.25, -0.2) is 4.98 Å². The van der Waals surface area contributed by atoms with E-state index in [0.717, 1.165) is 34.3 Å². The monoisotopic (exact) mass is 386 g/mol. The van der Waals surface area contributed by atoms with Crippen molar-refractivity contribution >= 4 is 40.2 Å². The van der Waals surface area contributed by atoms with Crippen molar-refractivity contribution < 1.29 is 4.79 Å². The second-order valence-electron chi connectivity index (χ2n) is 6.51. The first-order valence-electron chi connectivity index (χ1n) is 8.43. The molecule has 0 unspecified atom stereocenters. The van der Waals surface area contributed by atoms with Crippen LogP contribution in [0.15, 0.2) is 34.3 Å². The Morgan fingerprint density at radius 2 is 2.19 bits per heavy atom. The molecule has 26 heavy (non-hydrogen) atoms. The molecular formula is C18H15ClN4O2S. The van der Waals surface area contributed by atoms with Crippen molar-refractivity contribution in [3.63, 3.8) is 0 Å². The highest BCUT2D eigenvalue weighted by Crippen LogP contribution is 2.30. The average molecular weight is 387 g/mol. The third-order valence-corrected chi connectivity index (χ3v) is 6.22. The summed E-state index contributed by atoms with van der Waals surface area (Å²) in [4.78, 5) is 35.0. The fourth-order valence-electron chi connectivity index (χ4n) is 3.69. The summed E-state index contributed by atoms with van der Waals surface area (Å²) in [6.07, 6.45) is 2.15. The molecule has 5 rings (SSSR count). The quantitative estimate of drug-likeness (QED) is 0.653. The van der Waals surface area contributed by atoms with Gasteiger partial charge in [0.05, 0.1) is 0 Å². The molecule has 0 aliphatic carbocycles. The van der Waals surface area contributed by atoms with Gasteiger partial charge in [-0.1, -0.05) is 23.4 Å². The minimum atomic E-state index is -0.253. The Labute approximate surface area is 158 Å². The fourth-order valence-corrected chi connectivity index (χ4v) is 4.78. The maximum absolute atomic E-state index is 13.0. The number of carbonyl (C=O) groups is 1. The summed E-state index contributed by atoms with van der Waals surface area (Å²) >= 11 is 7.68. The van der Waals surface area contributed by atoms with E-state index in [1.165, 1.54) is 6.20 Å². The van der Waals surface area contributed by atoms with Gasteiger partial charge in [0.15, 0.2) is 5.16 Å². The zero-order valence-corrected chi connectivity index (χ0v) is 15.4. The van der Waals surface area contributed by atoms with Gasteiger partial charge in [0, 0.05) is 65.2 Å². The first-order valence-corrected chi connectivity index (χ1v) is 9.79. The number of nitrogens with zero attached hydrogens (tertiary/aromatic N) is 3. The van der Waals surface area contributed by atoms with E-state index in [0.29, 0.717) is 29.8 Å². The predicted octanol–water partition coefficient (Wildman–Crippen LogP) is 2.68.